The average molecular weight is 596 g/mol. The molecule has 2 aromatic carbocycles. The van der Waals surface area contributed by atoms with E-state index in [1.165, 1.54) is 23.6 Å². The zero-order chi connectivity index (χ0) is 28.4. The lowest BCUT2D eigenvalue weighted by atomic mass is 10.1. The van der Waals surface area contributed by atoms with Crippen LogP contribution >= 0.6 is 23.1 Å². The van der Waals surface area contributed by atoms with Crippen LogP contribution in [0, 0.1) is 5.82 Å². The Morgan fingerprint density at radius 3 is 2.61 bits per heavy atom. The van der Waals surface area contributed by atoms with E-state index in [0.717, 1.165) is 28.8 Å². The minimum atomic E-state index is -1.31. The van der Waals surface area contributed by atoms with Gasteiger partial charge in [0.1, 0.15) is 22.6 Å². The summed E-state index contributed by atoms with van der Waals surface area (Å²) in [7, 11) is 1.62. The molecule has 4 heterocycles. The fourth-order valence-electron chi connectivity index (χ4n) is 5.60. The molecule has 13 heteroatoms. The first-order valence-electron chi connectivity index (χ1n) is 13.3. The number of methoxy groups -OCH3 is 1. The van der Waals surface area contributed by atoms with Crippen molar-refractivity contribution in [2.24, 2.45) is 0 Å². The second kappa shape index (κ2) is 10.00. The fourth-order valence-corrected chi connectivity index (χ4v) is 7.92. The number of fused-ring (bicyclic) bond motifs is 2. The Hall–Kier alpha value is -3.68. The summed E-state index contributed by atoms with van der Waals surface area (Å²) in [6, 6.07) is 8.63. The SMILES string of the molecule is COc1ccc2nc(N3C(=O)CSC3N3CCN(c4cc5c(cc4F)c(=O)c(C(=O)O)cn5C4CC4)CC3)sc2c1. The highest BCUT2D eigenvalue weighted by molar-refractivity contribution is 8.01. The standard InChI is InChI=1S/C28H26FN5O5S2/c1-39-16-4-5-20-23(10-16)41-27(30-20)34-24(35)14-40-28(34)32-8-6-31(7-9-32)22-12-21-17(11-19(22)29)25(36)18(26(37)38)13-33(21)15-2-3-15/h4-5,10-13,15,28H,2-3,6-9,14H2,1H3,(H,37,38). The molecule has 2 aliphatic heterocycles. The van der Waals surface area contributed by atoms with Crippen LogP contribution < -0.4 is 20.0 Å². The molecule has 1 aliphatic carbocycles. The summed E-state index contributed by atoms with van der Waals surface area (Å²) in [4.78, 5) is 48.1. The van der Waals surface area contributed by atoms with E-state index in [0.29, 0.717) is 48.3 Å². The molecule has 1 saturated carbocycles. The molecule has 1 amide bonds. The number of ether oxygens (including phenoxy) is 1. The van der Waals surface area contributed by atoms with Gasteiger partial charge in [-0.1, -0.05) is 11.3 Å². The Morgan fingerprint density at radius 1 is 1.12 bits per heavy atom. The Balaban J connectivity index is 1.14. The van der Waals surface area contributed by atoms with Crippen LogP contribution in [0.1, 0.15) is 29.2 Å². The van der Waals surface area contributed by atoms with Crippen molar-refractivity contribution in [3.63, 3.8) is 0 Å². The molecule has 1 unspecified atom stereocenters. The third kappa shape index (κ3) is 4.52. The largest absolute Gasteiger partial charge is 0.497 e. The van der Waals surface area contributed by atoms with E-state index in [4.69, 9.17) is 9.72 Å². The maximum Gasteiger partial charge on any atom is 0.341 e. The first-order valence-corrected chi connectivity index (χ1v) is 15.2. The normalized spacial score (nSPS) is 20.0. The van der Waals surface area contributed by atoms with Gasteiger partial charge in [0.25, 0.3) is 0 Å². The quantitative estimate of drug-likeness (QED) is 0.354. The van der Waals surface area contributed by atoms with Crippen LogP contribution in [0.15, 0.2) is 41.3 Å². The van der Waals surface area contributed by atoms with Crippen molar-refractivity contribution in [3.05, 3.63) is 58.1 Å². The second-order valence-electron chi connectivity index (χ2n) is 10.4. The van der Waals surface area contributed by atoms with Crippen LogP contribution in [-0.4, -0.2) is 76.0 Å². The molecule has 212 valence electrons. The molecule has 1 N–H and O–H groups in total. The van der Waals surface area contributed by atoms with Gasteiger partial charge < -0.3 is 19.3 Å². The highest BCUT2D eigenvalue weighted by Crippen LogP contribution is 2.40. The summed E-state index contributed by atoms with van der Waals surface area (Å²) in [6.07, 6.45) is 3.17. The Labute approximate surface area is 241 Å². The maximum absolute atomic E-state index is 15.4. The third-order valence-electron chi connectivity index (χ3n) is 7.87. The fraction of sp³-hybridized carbons (Fsp3) is 0.357. The molecule has 3 fully saturated rings. The summed E-state index contributed by atoms with van der Waals surface area (Å²) in [6.45, 7) is 2.26. The van der Waals surface area contributed by atoms with Gasteiger partial charge in [-0.2, -0.15) is 0 Å². The minimum Gasteiger partial charge on any atom is -0.497 e. The molecule has 41 heavy (non-hydrogen) atoms. The van der Waals surface area contributed by atoms with Gasteiger partial charge in [-0.15, -0.1) is 11.8 Å². The van der Waals surface area contributed by atoms with Gasteiger partial charge in [-0.05, 0) is 43.2 Å². The summed E-state index contributed by atoms with van der Waals surface area (Å²) in [5.41, 5.74) is 0.536. The molecule has 0 radical (unpaired) electrons. The summed E-state index contributed by atoms with van der Waals surface area (Å²) >= 11 is 3.02. The number of hydrogen-bond donors (Lipinski definition) is 1. The molecule has 4 aromatic rings. The first-order chi connectivity index (χ1) is 19.8. The monoisotopic (exact) mass is 595 g/mol. The lowest BCUT2D eigenvalue weighted by molar-refractivity contribution is -0.116. The molecular formula is C28H26FN5O5S2. The number of aromatic nitrogens is 2. The molecule has 0 bridgehead atoms. The van der Waals surface area contributed by atoms with Gasteiger partial charge in [0.15, 0.2) is 5.13 Å². The maximum atomic E-state index is 15.4. The number of carboxylic acids is 1. The number of thiazole rings is 1. The van der Waals surface area contributed by atoms with E-state index in [9.17, 15) is 19.5 Å². The van der Waals surface area contributed by atoms with Crippen molar-refractivity contribution in [3.8, 4) is 5.75 Å². The van der Waals surface area contributed by atoms with Crippen molar-refractivity contribution < 1.29 is 23.8 Å². The van der Waals surface area contributed by atoms with Crippen LogP contribution in [0.3, 0.4) is 0 Å². The smallest absolute Gasteiger partial charge is 0.341 e. The molecule has 2 aromatic heterocycles. The van der Waals surface area contributed by atoms with E-state index in [1.807, 2.05) is 27.7 Å². The number of nitrogens with zero attached hydrogens (tertiary/aromatic N) is 5. The van der Waals surface area contributed by atoms with Crippen LogP contribution in [0.4, 0.5) is 15.2 Å². The summed E-state index contributed by atoms with van der Waals surface area (Å²) in [5.74, 6) is -0.757. The van der Waals surface area contributed by atoms with Crippen LogP contribution in [0.25, 0.3) is 21.1 Å². The van der Waals surface area contributed by atoms with Crippen LogP contribution in [0.5, 0.6) is 5.75 Å². The van der Waals surface area contributed by atoms with Gasteiger partial charge >= 0.3 is 5.97 Å². The molecule has 7 rings (SSSR count). The van der Waals surface area contributed by atoms with Crippen molar-refractivity contribution in [1.82, 2.24) is 14.5 Å². The summed E-state index contributed by atoms with van der Waals surface area (Å²) < 4.78 is 23.5. The molecule has 10 nitrogen and oxygen atoms in total. The van der Waals surface area contributed by atoms with E-state index < -0.39 is 17.2 Å². The molecule has 0 spiro atoms. The highest BCUT2D eigenvalue weighted by Gasteiger charge is 2.40. The lowest BCUT2D eigenvalue weighted by Crippen LogP contribution is -2.54. The number of aromatic carboxylic acids is 1. The van der Waals surface area contributed by atoms with Crippen molar-refractivity contribution in [2.45, 2.75) is 24.4 Å². The van der Waals surface area contributed by atoms with E-state index in [2.05, 4.69) is 4.90 Å². The number of carbonyl (C=O) groups is 2. The first kappa shape index (κ1) is 26.2. The summed E-state index contributed by atoms with van der Waals surface area (Å²) in [5, 5.41) is 10.2. The predicted octanol–water partition coefficient (Wildman–Crippen LogP) is 3.98. The number of hydrogen-bond acceptors (Lipinski definition) is 9. The average Bonchev–Trinajstić information content (AvgIpc) is 3.61. The number of carbonyl (C=O) groups excluding carboxylic acids is 1. The number of halogens is 1. The zero-order valence-corrected chi connectivity index (χ0v) is 23.7. The Morgan fingerprint density at radius 2 is 1.90 bits per heavy atom. The topological polar surface area (TPSA) is 108 Å². The number of pyridine rings is 1. The zero-order valence-electron chi connectivity index (χ0n) is 22.1. The van der Waals surface area contributed by atoms with Crippen LogP contribution in [0.2, 0.25) is 0 Å². The van der Waals surface area contributed by atoms with Crippen LogP contribution in [-0.2, 0) is 4.79 Å². The molecule has 3 aliphatic rings. The molecular weight excluding hydrogens is 569 g/mol. The lowest BCUT2D eigenvalue weighted by Gasteiger charge is -2.40. The number of amides is 1. The number of piperazine rings is 1. The van der Waals surface area contributed by atoms with Gasteiger partial charge in [0, 0.05) is 43.8 Å². The third-order valence-corrected chi connectivity index (χ3v) is 10.1. The highest BCUT2D eigenvalue weighted by atomic mass is 32.2. The van der Waals surface area contributed by atoms with Gasteiger partial charge in [-0.3, -0.25) is 19.4 Å². The van der Waals surface area contributed by atoms with E-state index in [1.54, 1.807) is 29.8 Å². The Bertz CT molecular complexity index is 1780. The number of anilines is 2. The number of benzene rings is 2. The molecule has 1 atom stereocenters. The Kier molecular flexibility index (Phi) is 6.40. The van der Waals surface area contributed by atoms with Gasteiger partial charge in [0.2, 0.25) is 11.3 Å². The van der Waals surface area contributed by atoms with E-state index >= 15 is 4.39 Å². The van der Waals surface area contributed by atoms with Gasteiger partial charge in [-0.25, -0.2) is 14.2 Å². The van der Waals surface area contributed by atoms with Crippen molar-refractivity contribution in [2.75, 3.05) is 48.8 Å². The number of rotatable bonds is 6. The molecule has 2 saturated heterocycles. The number of carboxylic acid groups (broad SMARTS) is 1. The number of thioether (sulfide) groups is 1. The van der Waals surface area contributed by atoms with Crippen molar-refractivity contribution in [1.29, 1.82) is 0 Å². The predicted molar refractivity (Wildman–Crippen MR) is 157 cm³/mol. The van der Waals surface area contributed by atoms with E-state index in [-0.39, 0.29) is 28.4 Å². The van der Waals surface area contributed by atoms with Gasteiger partial charge in [0.05, 0.1) is 34.3 Å². The van der Waals surface area contributed by atoms with Crippen molar-refractivity contribution >= 4 is 66.9 Å². The second-order valence-corrected chi connectivity index (χ2v) is 12.4. The minimum absolute atomic E-state index is 0.00722.